The molecular formula is C19H25N5O2. The van der Waals surface area contributed by atoms with Gasteiger partial charge < -0.3 is 20.0 Å². The van der Waals surface area contributed by atoms with Gasteiger partial charge in [0.1, 0.15) is 0 Å². The van der Waals surface area contributed by atoms with Gasteiger partial charge in [-0.3, -0.25) is 9.79 Å². The van der Waals surface area contributed by atoms with Crippen molar-refractivity contribution in [1.82, 2.24) is 20.5 Å². The van der Waals surface area contributed by atoms with E-state index >= 15 is 0 Å². The first-order valence-corrected chi connectivity index (χ1v) is 8.94. The normalized spacial score (nSPS) is 17.4. The molecular weight excluding hydrogens is 330 g/mol. The van der Waals surface area contributed by atoms with Crippen molar-refractivity contribution < 1.29 is 9.21 Å². The van der Waals surface area contributed by atoms with Crippen LogP contribution in [0.5, 0.6) is 0 Å². The van der Waals surface area contributed by atoms with Crippen LogP contribution in [0.2, 0.25) is 0 Å². The zero-order chi connectivity index (χ0) is 18.4. The van der Waals surface area contributed by atoms with E-state index in [0.29, 0.717) is 31.4 Å². The molecule has 2 N–H and O–H groups in total. The van der Waals surface area contributed by atoms with Gasteiger partial charge in [-0.1, -0.05) is 37.3 Å². The van der Waals surface area contributed by atoms with Crippen molar-refractivity contribution >= 4 is 11.9 Å². The van der Waals surface area contributed by atoms with Crippen LogP contribution in [-0.2, 0) is 11.3 Å². The first kappa shape index (κ1) is 18.0. The third-order valence-electron chi connectivity index (χ3n) is 4.43. The summed E-state index contributed by atoms with van der Waals surface area (Å²) >= 11 is 0. The molecule has 138 valence electrons. The number of aromatic nitrogens is 1. The Morgan fingerprint density at radius 1 is 1.38 bits per heavy atom. The van der Waals surface area contributed by atoms with Crippen LogP contribution >= 0.6 is 0 Å². The van der Waals surface area contributed by atoms with Crippen molar-refractivity contribution in [3.05, 3.63) is 42.4 Å². The molecule has 7 heteroatoms. The van der Waals surface area contributed by atoms with E-state index in [4.69, 9.17) is 4.42 Å². The zero-order valence-corrected chi connectivity index (χ0v) is 15.2. The largest absolute Gasteiger partial charge is 0.439 e. The average molecular weight is 355 g/mol. The van der Waals surface area contributed by atoms with Crippen molar-refractivity contribution in [1.29, 1.82) is 0 Å². The number of nitrogens with zero attached hydrogens (tertiary/aromatic N) is 3. The van der Waals surface area contributed by atoms with Crippen LogP contribution in [0.3, 0.4) is 0 Å². The van der Waals surface area contributed by atoms with Gasteiger partial charge >= 0.3 is 0 Å². The summed E-state index contributed by atoms with van der Waals surface area (Å²) in [5.41, 5.74) is 1.00. The summed E-state index contributed by atoms with van der Waals surface area (Å²) in [6.45, 7) is 3.84. The Morgan fingerprint density at radius 3 is 2.92 bits per heavy atom. The lowest BCUT2D eigenvalue weighted by molar-refractivity contribution is -0.129. The zero-order valence-electron chi connectivity index (χ0n) is 15.2. The maximum Gasteiger partial charge on any atom is 0.222 e. The van der Waals surface area contributed by atoms with E-state index in [2.05, 4.69) is 20.6 Å². The Balaban J connectivity index is 1.51. The highest BCUT2D eigenvalue weighted by Gasteiger charge is 2.25. The van der Waals surface area contributed by atoms with Crippen LogP contribution in [-0.4, -0.2) is 47.9 Å². The van der Waals surface area contributed by atoms with E-state index < -0.39 is 0 Å². The van der Waals surface area contributed by atoms with Crippen molar-refractivity contribution in [3.8, 4) is 11.3 Å². The van der Waals surface area contributed by atoms with E-state index in [9.17, 15) is 4.79 Å². The summed E-state index contributed by atoms with van der Waals surface area (Å²) < 4.78 is 5.79. The molecule has 3 rings (SSSR count). The summed E-state index contributed by atoms with van der Waals surface area (Å²) in [6.07, 6.45) is 3.20. The van der Waals surface area contributed by atoms with Gasteiger partial charge in [-0.15, -0.1) is 0 Å². The van der Waals surface area contributed by atoms with Gasteiger partial charge in [0.15, 0.2) is 11.7 Å². The van der Waals surface area contributed by atoms with Crippen molar-refractivity contribution in [2.45, 2.75) is 32.4 Å². The van der Waals surface area contributed by atoms with Crippen LogP contribution in [0.25, 0.3) is 11.3 Å². The summed E-state index contributed by atoms with van der Waals surface area (Å²) in [6, 6.07) is 10.1. The Bertz CT molecular complexity index is 756. The summed E-state index contributed by atoms with van der Waals surface area (Å²) in [5.74, 6) is 2.22. The molecule has 2 aromatic rings. The lowest BCUT2D eigenvalue weighted by Crippen LogP contribution is -2.44. The van der Waals surface area contributed by atoms with Crippen molar-refractivity contribution in [2.75, 3.05) is 20.1 Å². The Labute approximate surface area is 153 Å². The monoisotopic (exact) mass is 355 g/mol. The van der Waals surface area contributed by atoms with Crippen LogP contribution in [0.1, 0.15) is 25.7 Å². The predicted molar refractivity (Wildman–Crippen MR) is 101 cm³/mol. The maximum absolute atomic E-state index is 11.8. The molecule has 2 heterocycles. The van der Waals surface area contributed by atoms with Gasteiger partial charge in [0.25, 0.3) is 0 Å². The standard InChI is InChI=1S/C19H25N5O2/c1-3-18(25)24-10-9-15(13-24)23-19(20-2)22-12-17-21-11-16(26-17)14-7-5-4-6-8-14/h4-8,11,15H,3,9-10,12-13H2,1-2H3,(H2,20,22,23). The topological polar surface area (TPSA) is 82.8 Å². The van der Waals surface area contributed by atoms with E-state index in [1.54, 1.807) is 13.2 Å². The number of likely N-dealkylation sites (tertiary alicyclic amines) is 1. The highest BCUT2D eigenvalue weighted by atomic mass is 16.4. The van der Waals surface area contributed by atoms with E-state index in [0.717, 1.165) is 24.3 Å². The number of hydrogen-bond acceptors (Lipinski definition) is 4. The van der Waals surface area contributed by atoms with Gasteiger partial charge in [0.2, 0.25) is 11.8 Å². The molecule has 1 unspecified atom stereocenters. The molecule has 1 fully saturated rings. The third kappa shape index (κ3) is 4.41. The van der Waals surface area contributed by atoms with Gasteiger partial charge in [0.05, 0.1) is 12.7 Å². The minimum Gasteiger partial charge on any atom is -0.439 e. The molecule has 0 aliphatic carbocycles. The number of hydrogen-bond donors (Lipinski definition) is 2. The SMILES string of the molecule is CCC(=O)N1CCC(NC(=NC)NCc2ncc(-c3ccccc3)o2)C1. The lowest BCUT2D eigenvalue weighted by Gasteiger charge is -2.18. The minimum absolute atomic E-state index is 0.200. The van der Waals surface area contributed by atoms with Crippen LogP contribution in [0, 0.1) is 0 Å². The Kier molecular flexibility index (Phi) is 5.88. The number of benzene rings is 1. The highest BCUT2D eigenvalue weighted by Crippen LogP contribution is 2.19. The number of oxazole rings is 1. The summed E-state index contributed by atoms with van der Waals surface area (Å²) in [7, 11) is 1.73. The molecule has 1 saturated heterocycles. The quantitative estimate of drug-likeness (QED) is 0.633. The van der Waals surface area contributed by atoms with E-state index in [-0.39, 0.29) is 11.9 Å². The van der Waals surface area contributed by atoms with Crippen LogP contribution < -0.4 is 10.6 Å². The number of amides is 1. The fourth-order valence-electron chi connectivity index (χ4n) is 3.00. The van der Waals surface area contributed by atoms with Gasteiger partial charge in [-0.2, -0.15) is 0 Å². The number of guanidine groups is 1. The highest BCUT2D eigenvalue weighted by molar-refractivity contribution is 5.80. The molecule has 0 radical (unpaired) electrons. The number of carbonyl (C=O) groups excluding carboxylic acids is 1. The van der Waals surface area contributed by atoms with Gasteiger partial charge in [0, 0.05) is 38.2 Å². The summed E-state index contributed by atoms with van der Waals surface area (Å²) in [5, 5.41) is 6.57. The maximum atomic E-state index is 11.8. The smallest absolute Gasteiger partial charge is 0.222 e. The molecule has 0 saturated carbocycles. The second kappa shape index (κ2) is 8.51. The van der Waals surface area contributed by atoms with Crippen molar-refractivity contribution in [3.63, 3.8) is 0 Å². The first-order chi connectivity index (χ1) is 12.7. The molecule has 1 aliphatic rings. The van der Waals surface area contributed by atoms with Crippen molar-refractivity contribution in [2.24, 2.45) is 4.99 Å². The summed E-state index contributed by atoms with van der Waals surface area (Å²) in [4.78, 5) is 22.2. The lowest BCUT2D eigenvalue weighted by atomic mass is 10.2. The number of carbonyl (C=O) groups is 1. The number of nitrogens with one attached hydrogen (secondary N) is 2. The minimum atomic E-state index is 0.200. The molecule has 0 bridgehead atoms. The van der Waals surface area contributed by atoms with Crippen LogP contribution in [0.4, 0.5) is 0 Å². The predicted octanol–water partition coefficient (Wildman–Crippen LogP) is 2.02. The first-order valence-electron chi connectivity index (χ1n) is 8.94. The molecule has 1 aromatic carbocycles. The molecule has 1 aromatic heterocycles. The second-order valence-corrected chi connectivity index (χ2v) is 6.23. The molecule has 7 nitrogen and oxygen atoms in total. The molecule has 1 amide bonds. The molecule has 1 atom stereocenters. The number of rotatable bonds is 5. The van der Waals surface area contributed by atoms with Crippen LogP contribution in [0.15, 0.2) is 45.9 Å². The van der Waals surface area contributed by atoms with Gasteiger partial charge in [-0.05, 0) is 6.42 Å². The molecule has 0 spiro atoms. The Morgan fingerprint density at radius 2 is 2.19 bits per heavy atom. The molecule has 1 aliphatic heterocycles. The third-order valence-corrected chi connectivity index (χ3v) is 4.43. The second-order valence-electron chi connectivity index (χ2n) is 6.23. The fourth-order valence-corrected chi connectivity index (χ4v) is 3.00. The fraction of sp³-hybridized carbons (Fsp3) is 0.421. The molecule has 26 heavy (non-hydrogen) atoms. The average Bonchev–Trinajstić information content (AvgIpc) is 3.35. The number of aliphatic imine (C=N–C) groups is 1. The van der Waals surface area contributed by atoms with E-state index in [1.807, 2.05) is 42.2 Å². The van der Waals surface area contributed by atoms with E-state index in [1.165, 1.54) is 0 Å². The Hall–Kier alpha value is -2.83. The van der Waals surface area contributed by atoms with Gasteiger partial charge in [-0.25, -0.2) is 4.98 Å².